The zero-order valence-corrected chi connectivity index (χ0v) is 9.69. The molecule has 0 unspecified atom stereocenters. The van der Waals surface area contributed by atoms with Gasteiger partial charge in [-0.1, -0.05) is 11.3 Å². The SMILES string of the molecule is CCOC(=O)c1cn(-c2nnc(C)s2)cn1. The zero-order valence-electron chi connectivity index (χ0n) is 8.88. The third kappa shape index (κ3) is 2.08. The van der Waals surface area contributed by atoms with Crippen LogP contribution in [0, 0.1) is 6.92 Å². The second-order valence-electron chi connectivity index (χ2n) is 2.99. The predicted octanol–water partition coefficient (Wildman–Crippen LogP) is 1.21. The van der Waals surface area contributed by atoms with Crippen molar-refractivity contribution >= 4 is 17.3 Å². The van der Waals surface area contributed by atoms with Crippen LogP contribution in [0.4, 0.5) is 0 Å². The minimum Gasteiger partial charge on any atom is -0.461 e. The summed E-state index contributed by atoms with van der Waals surface area (Å²) in [5.41, 5.74) is 0.273. The molecule has 0 aliphatic heterocycles. The summed E-state index contributed by atoms with van der Waals surface area (Å²) in [7, 11) is 0. The number of imidazole rings is 1. The van der Waals surface area contributed by atoms with Crippen molar-refractivity contribution in [1.29, 1.82) is 0 Å². The van der Waals surface area contributed by atoms with Gasteiger partial charge >= 0.3 is 5.97 Å². The van der Waals surface area contributed by atoms with Gasteiger partial charge in [0.2, 0.25) is 5.13 Å². The fourth-order valence-corrected chi connectivity index (χ4v) is 1.76. The summed E-state index contributed by atoms with van der Waals surface area (Å²) in [6, 6.07) is 0. The van der Waals surface area contributed by atoms with E-state index in [1.807, 2.05) is 6.92 Å². The number of hydrogen-bond donors (Lipinski definition) is 0. The van der Waals surface area contributed by atoms with Crippen LogP contribution in [0.3, 0.4) is 0 Å². The Bertz CT molecular complexity index is 505. The maximum atomic E-state index is 11.4. The molecule has 0 N–H and O–H groups in total. The van der Waals surface area contributed by atoms with Crippen LogP contribution >= 0.6 is 11.3 Å². The molecule has 0 bridgehead atoms. The molecule has 0 aromatic carbocycles. The average molecular weight is 238 g/mol. The minimum atomic E-state index is -0.428. The number of ether oxygens (including phenoxy) is 1. The summed E-state index contributed by atoms with van der Waals surface area (Å²) in [6.45, 7) is 3.96. The van der Waals surface area contributed by atoms with Crippen molar-refractivity contribution < 1.29 is 9.53 Å². The maximum Gasteiger partial charge on any atom is 0.358 e. The van der Waals surface area contributed by atoms with Crippen molar-refractivity contribution in [2.45, 2.75) is 13.8 Å². The molecule has 0 radical (unpaired) electrons. The second kappa shape index (κ2) is 4.40. The van der Waals surface area contributed by atoms with E-state index in [-0.39, 0.29) is 5.69 Å². The number of aromatic nitrogens is 4. The van der Waals surface area contributed by atoms with Gasteiger partial charge in [-0.3, -0.25) is 4.57 Å². The lowest BCUT2D eigenvalue weighted by Gasteiger charge is -1.95. The molecule has 0 atom stereocenters. The first-order valence-corrected chi connectivity index (χ1v) is 5.54. The molecule has 16 heavy (non-hydrogen) atoms. The van der Waals surface area contributed by atoms with E-state index < -0.39 is 5.97 Å². The summed E-state index contributed by atoms with van der Waals surface area (Å²) in [5.74, 6) is -0.428. The van der Waals surface area contributed by atoms with Crippen LogP contribution in [0.5, 0.6) is 0 Å². The fraction of sp³-hybridized carbons (Fsp3) is 0.333. The molecule has 7 heteroatoms. The molecule has 0 amide bonds. The molecule has 2 rings (SSSR count). The minimum absolute atomic E-state index is 0.273. The van der Waals surface area contributed by atoms with Gasteiger partial charge in [-0.15, -0.1) is 10.2 Å². The Morgan fingerprint density at radius 2 is 2.38 bits per heavy atom. The molecule has 0 fully saturated rings. The van der Waals surface area contributed by atoms with E-state index in [4.69, 9.17) is 4.74 Å². The molecule has 84 valence electrons. The van der Waals surface area contributed by atoms with Crippen molar-refractivity contribution in [3.8, 4) is 5.13 Å². The molecule has 0 spiro atoms. The van der Waals surface area contributed by atoms with Gasteiger partial charge in [0, 0.05) is 6.20 Å². The van der Waals surface area contributed by atoms with Crippen LogP contribution in [0.15, 0.2) is 12.5 Å². The summed E-state index contributed by atoms with van der Waals surface area (Å²) in [5, 5.41) is 9.37. The number of rotatable bonds is 3. The standard InChI is InChI=1S/C9H10N4O2S/c1-3-15-8(14)7-4-13(5-10-7)9-12-11-6(2)16-9/h4-5H,3H2,1-2H3. The van der Waals surface area contributed by atoms with Crippen LogP contribution in [-0.2, 0) is 4.74 Å². The molecule has 0 saturated heterocycles. The zero-order chi connectivity index (χ0) is 11.5. The first kappa shape index (κ1) is 10.7. The van der Waals surface area contributed by atoms with Crippen molar-refractivity contribution in [2.75, 3.05) is 6.61 Å². The Morgan fingerprint density at radius 1 is 1.56 bits per heavy atom. The summed E-state index contributed by atoms with van der Waals surface area (Å²) >= 11 is 1.43. The highest BCUT2D eigenvalue weighted by molar-refractivity contribution is 7.13. The highest BCUT2D eigenvalue weighted by atomic mass is 32.1. The first-order chi connectivity index (χ1) is 7.70. The van der Waals surface area contributed by atoms with Gasteiger partial charge in [-0.25, -0.2) is 9.78 Å². The largest absolute Gasteiger partial charge is 0.461 e. The maximum absolute atomic E-state index is 11.4. The molecule has 0 aliphatic rings. The van der Waals surface area contributed by atoms with E-state index in [0.717, 1.165) is 5.01 Å². The van der Waals surface area contributed by atoms with Gasteiger partial charge in [0.15, 0.2) is 5.69 Å². The molecular weight excluding hydrogens is 228 g/mol. The first-order valence-electron chi connectivity index (χ1n) is 4.72. The van der Waals surface area contributed by atoms with Crippen LogP contribution in [0.2, 0.25) is 0 Å². The molecule has 0 aliphatic carbocycles. The number of carbonyl (C=O) groups excluding carboxylic acids is 1. The van der Waals surface area contributed by atoms with Crippen LogP contribution in [-0.4, -0.2) is 32.3 Å². The Labute approximate surface area is 95.9 Å². The van der Waals surface area contributed by atoms with Crippen molar-refractivity contribution in [3.63, 3.8) is 0 Å². The number of aryl methyl sites for hydroxylation is 1. The van der Waals surface area contributed by atoms with Crippen molar-refractivity contribution in [2.24, 2.45) is 0 Å². The third-order valence-electron chi connectivity index (χ3n) is 1.80. The highest BCUT2D eigenvalue weighted by Gasteiger charge is 2.12. The van der Waals surface area contributed by atoms with E-state index in [0.29, 0.717) is 11.7 Å². The number of hydrogen-bond acceptors (Lipinski definition) is 6. The van der Waals surface area contributed by atoms with Crippen LogP contribution in [0.25, 0.3) is 5.13 Å². The molecule has 6 nitrogen and oxygen atoms in total. The van der Waals surface area contributed by atoms with E-state index in [1.165, 1.54) is 17.7 Å². The van der Waals surface area contributed by atoms with E-state index in [9.17, 15) is 4.79 Å². The van der Waals surface area contributed by atoms with Gasteiger partial charge in [0.25, 0.3) is 0 Å². The molecule has 2 aromatic rings. The summed E-state index contributed by atoms with van der Waals surface area (Å²) in [4.78, 5) is 15.3. The van der Waals surface area contributed by atoms with E-state index >= 15 is 0 Å². The number of carbonyl (C=O) groups is 1. The topological polar surface area (TPSA) is 69.9 Å². The fourth-order valence-electron chi connectivity index (χ4n) is 1.13. The Balaban J connectivity index is 2.22. The third-order valence-corrected chi connectivity index (χ3v) is 2.66. The van der Waals surface area contributed by atoms with Gasteiger partial charge in [-0.05, 0) is 13.8 Å². The van der Waals surface area contributed by atoms with Crippen molar-refractivity contribution in [3.05, 3.63) is 23.2 Å². The normalized spacial score (nSPS) is 10.4. The summed E-state index contributed by atoms with van der Waals surface area (Å²) in [6.07, 6.45) is 3.10. The lowest BCUT2D eigenvalue weighted by Crippen LogP contribution is -2.04. The quantitative estimate of drug-likeness (QED) is 0.752. The van der Waals surface area contributed by atoms with Crippen LogP contribution < -0.4 is 0 Å². The number of nitrogens with zero attached hydrogens (tertiary/aromatic N) is 4. The molecule has 2 heterocycles. The van der Waals surface area contributed by atoms with Gasteiger partial charge in [0.1, 0.15) is 11.3 Å². The Kier molecular flexibility index (Phi) is 2.95. The lowest BCUT2D eigenvalue weighted by atomic mass is 10.5. The molecule has 2 aromatic heterocycles. The van der Waals surface area contributed by atoms with Gasteiger partial charge < -0.3 is 4.74 Å². The van der Waals surface area contributed by atoms with Crippen molar-refractivity contribution in [1.82, 2.24) is 19.7 Å². The van der Waals surface area contributed by atoms with E-state index in [1.54, 1.807) is 17.7 Å². The lowest BCUT2D eigenvalue weighted by molar-refractivity contribution is 0.0520. The number of esters is 1. The highest BCUT2D eigenvalue weighted by Crippen LogP contribution is 2.14. The van der Waals surface area contributed by atoms with Gasteiger partial charge in [0.05, 0.1) is 6.61 Å². The molecular formula is C9H10N4O2S. The predicted molar refractivity (Wildman–Crippen MR) is 57.7 cm³/mol. The Hall–Kier alpha value is -1.76. The van der Waals surface area contributed by atoms with Crippen LogP contribution in [0.1, 0.15) is 22.4 Å². The Morgan fingerprint density at radius 3 is 3.00 bits per heavy atom. The van der Waals surface area contributed by atoms with E-state index in [2.05, 4.69) is 15.2 Å². The summed E-state index contributed by atoms with van der Waals surface area (Å²) < 4.78 is 6.48. The second-order valence-corrected chi connectivity index (χ2v) is 4.15. The monoisotopic (exact) mass is 238 g/mol. The smallest absolute Gasteiger partial charge is 0.358 e. The van der Waals surface area contributed by atoms with Gasteiger partial charge in [-0.2, -0.15) is 0 Å². The average Bonchev–Trinajstić information content (AvgIpc) is 2.85. The molecule has 0 saturated carbocycles.